The SMILES string of the molecule is CC(C)Oc1ccc(C(=O)O)cc1NC(=O)c1ccc(OCC(F)(F)F)cc1. The van der Waals surface area contributed by atoms with Crippen molar-refractivity contribution in [3.05, 3.63) is 53.6 Å². The number of aromatic carboxylic acids is 1. The minimum absolute atomic E-state index is 0.0365. The van der Waals surface area contributed by atoms with E-state index in [1.165, 1.54) is 42.5 Å². The van der Waals surface area contributed by atoms with Crippen molar-refractivity contribution in [2.45, 2.75) is 26.1 Å². The van der Waals surface area contributed by atoms with Crippen LogP contribution in [0, 0.1) is 0 Å². The molecule has 0 spiro atoms. The third-order valence-corrected chi connectivity index (χ3v) is 3.36. The molecule has 0 heterocycles. The maximum Gasteiger partial charge on any atom is 0.422 e. The molecule has 0 radical (unpaired) electrons. The van der Waals surface area contributed by atoms with E-state index in [1.54, 1.807) is 13.8 Å². The number of carboxylic acids is 1. The number of rotatable bonds is 7. The van der Waals surface area contributed by atoms with E-state index in [1.807, 2.05) is 0 Å². The molecule has 28 heavy (non-hydrogen) atoms. The standard InChI is InChI=1S/C19H18F3NO5/c1-11(2)28-16-8-5-13(18(25)26)9-15(16)23-17(24)12-3-6-14(7-4-12)27-10-19(20,21)22/h3-9,11H,10H2,1-2H3,(H,23,24)(H,25,26). The van der Waals surface area contributed by atoms with Gasteiger partial charge in [-0.25, -0.2) is 4.79 Å². The summed E-state index contributed by atoms with van der Waals surface area (Å²) >= 11 is 0. The van der Waals surface area contributed by atoms with Crippen LogP contribution in [0.5, 0.6) is 11.5 Å². The van der Waals surface area contributed by atoms with Crippen LogP contribution in [0.3, 0.4) is 0 Å². The maximum absolute atomic E-state index is 12.4. The third kappa shape index (κ3) is 6.19. The van der Waals surface area contributed by atoms with Crippen LogP contribution in [0.25, 0.3) is 0 Å². The number of carbonyl (C=O) groups is 2. The highest BCUT2D eigenvalue weighted by Gasteiger charge is 2.28. The molecule has 2 N–H and O–H groups in total. The molecule has 0 aliphatic heterocycles. The predicted octanol–water partition coefficient (Wildman–Crippen LogP) is 4.37. The molecule has 6 nitrogen and oxygen atoms in total. The largest absolute Gasteiger partial charge is 0.489 e. The first kappa shape index (κ1) is 21.1. The number of benzene rings is 2. The summed E-state index contributed by atoms with van der Waals surface area (Å²) < 4.78 is 46.6. The normalized spacial score (nSPS) is 11.2. The quantitative estimate of drug-likeness (QED) is 0.725. The van der Waals surface area contributed by atoms with Gasteiger partial charge in [0, 0.05) is 5.56 Å². The summed E-state index contributed by atoms with van der Waals surface area (Å²) in [6.07, 6.45) is -4.67. The lowest BCUT2D eigenvalue weighted by Crippen LogP contribution is -2.19. The number of halogens is 3. The number of hydrogen-bond donors (Lipinski definition) is 2. The molecular weight excluding hydrogens is 379 g/mol. The van der Waals surface area contributed by atoms with Crippen molar-refractivity contribution in [2.24, 2.45) is 0 Å². The van der Waals surface area contributed by atoms with Gasteiger partial charge in [-0.05, 0) is 56.3 Å². The third-order valence-electron chi connectivity index (χ3n) is 3.36. The molecule has 1 amide bonds. The number of ether oxygens (including phenoxy) is 2. The summed E-state index contributed by atoms with van der Waals surface area (Å²) in [5.41, 5.74) is 0.272. The Bertz CT molecular complexity index is 848. The number of alkyl halides is 3. The Morgan fingerprint density at radius 2 is 1.68 bits per heavy atom. The Balaban J connectivity index is 2.17. The van der Waals surface area contributed by atoms with Crippen LogP contribution in [-0.4, -0.2) is 35.9 Å². The van der Waals surface area contributed by atoms with Gasteiger partial charge in [-0.15, -0.1) is 0 Å². The lowest BCUT2D eigenvalue weighted by Gasteiger charge is -2.16. The molecule has 0 saturated heterocycles. The number of hydrogen-bond acceptors (Lipinski definition) is 4. The lowest BCUT2D eigenvalue weighted by molar-refractivity contribution is -0.153. The molecule has 0 aliphatic rings. The van der Waals surface area contributed by atoms with E-state index in [-0.39, 0.29) is 28.7 Å². The molecule has 150 valence electrons. The first-order chi connectivity index (χ1) is 13.0. The topological polar surface area (TPSA) is 84.9 Å². The average Bonchev–Trinajstić information content (AvgIpc) is 2.60. The molecular formula is C19H18F3NO5. The van der Waals surface area contributed by atoms with Crippen molar-refractivity contribution >= 4 is 17.6 Å². The second kappa shape index (κ2) is 8.64. The smallest absolute Gasteiger partial charge is 0.422 e. The molecule has 0 atom stereocenters. The van der Waals surface area contributed by atoms with Gasteiger partial charge in [0.25, 0.3) is 5.91 Å². The van der Waals surface area contributed by atoms with Gasteiger partial charge >= 0.3 is 12.1 Å². The van der Waals surface area contributed by atoms with Gasteiger partial charge in [0.2, 0.25) is 0 Å². The van der Waals surface area contributed by atoms with Gasteiger partial charge in [0.05, 0.1) is 17.4 Å². The molecule has 0 bridgehead atoms. The van der Waals surface area contributed by atoms with Crippen molar-refractivity contribution in [3.8, 4) is 11.5 Å². The molecule has 0 aromatic heterocycles. The number of carboxylic acid groups (broad SMARTS) is 1. The van der Waals surface area contributed by atoms with E-state index in [9.17, 15) is 22.8 Å². The summed E-state index contributed by atoms with van der Waals surface area (Å²) in [5.74, 6) is -1.50. The molecule has 0 aliphatic carbocycles. The van der Waals surface area contributed by atoms with Gasteiger partial charge in [0.15, 0.2) is 6.61 Å². The molecule has 0 saturated carbocycles. The number of anilines is 1. The summed E-state index contributed by atoms with van der Waals surface area (Å²) in [5, 5.41) is 11.7. The van der Waals surface area contributed by atoms with Gasteiger partial charge in [-0.3, -0.25) is 4.79 Å². The second-order valence-electron chi connectivity index (χ2n) is 6.07. The summed E-state index contributed by atoms with van der Waals surface area (Å²) in [7, 11) is 0. The van der Waals surface area contributed by atoms with Gasteiger partial charge in [-0.1, -0.05) is 0 Å². The minimum Gasteiger partial charge on any atom is -0.489 e. The zero-order valence-corrected chi connectivity index (χ0v) is 15.0. The van der Waals surface area contributed by atoms with Gasteiger partial charge in [-0.2, -0.15) is 13.2 Å². The highest BCUT2D eigenvalue weighted by atomic mass is 19.4. The first-order valence-corrected chi connectivity index (χ1v) is 8.20. The van der Waals surface area contributed by atoms with Crippen LogP contribution in [0.1, 0.15) is 34.6 Å². The van der Waals surface area contributed by atoms with Gasteiger partial charge < -0.3 is 19.9 Å². The van der Waals surface area contributed by atoms with E-state index in [0.29, 0.717) is 5.75 Å². The van der Waals surface area contributed by atoms with E-state index in [0.717, 1.165) is 0 Å². The summed E-state index contributed by atoms with van der Waals surface area (Å²) in [6.45, 7) is 2.11. The second-order valence-corrected chi connectivity index (χ2v) is 6.07. The number of nitrogens with one attached hydrogen (secondary N) is 1. The zero-order chi connectivity index (χ0) is 20.9. The Morgan fingerprint density at radius 1 is 1.07 bits per heavy atom. The van der Waals surface area contributed by atoms with Crippen LogP contribution < -0.4 is 14.8 Å². The minimum atomic E-state index is -4.46. The van der Waals surface area contributed by atoms with Crippen molar-refractivity contribution in [3.63, 3.8) is 0 Å². The Hall–Kier alpha value is -3.23. The van der Waals surface area contributed by atoms with E-state index in [4.69, 9.17) is 9.84 Å². The van der Waals surface area contributed by atoms with Crippen molar-refractivity contribution in [2.75, 3.05) is 11.9 Å². The Labute approximate surface area is 158 Å². The number of carbonyl (C=O) groups excluding carboxylic acids is 1. The number of amides is 1. The maximum atomic E-state index is 12.4. The van der Waals surface area contributed by atoms with Crippen molar-refractivity contribution < 1.29 is 37.3 Å². The molecule has 9 heteroatoms. The first-order valence-electron chi connectivity index (χ1n) is 8.20. The fourth-order valence-corrected chi connectivity index (χ4v) is 2.18. The fourth-order valence-electron chi connectivity index (χ4n) is 2.18. The van der Waals surface area contributed by atoms with Crippen LogP contribution in [0.4, 0.5) is 18.9 Å². The monoisotopic (exact) mass is 397 g/mol. The average molecular weight is 397 g/mol. The van der Waals surface area contributed by atoms with Crippen LogP contribution in [0.2, 0.25) is 0 Å². The van der Waals surface area contributed by atoms with Gasteiger partial charge in [0.1, 0.15) is 11.5 Å². The van der Waals surface area contributed by atoms with E-state index in [2.05, 4.69) is 10.1 Å². The van der Waals surface area contributed by atoms with Crippen LogP contribution in [-0.2, 0) is 0 Å². The van der Waals surface area contributed by atoms with Crippen molar-refractivity contribution in [1.82, 2.24) is 0 Å². The molecule has 2 rings (SSSR count). The molecule has 0 fully saturated rings. The summed E-state index contributed by atoms with van der Waals surface area (Å²) in [6, 6.07) is 9.12. The van der Waals surface area contributed by atoms with Crippen LogP contribution >= 0.6 is 0 Å². The highest BCUT2D eigenvalue weighted by molar-refractivity contribution is 6.05. The lowest BCUT2D eigenvalue weighted by atomic mass is 10.1. The van der Waals surface area contributed by atoms with Crippen LogP contribution in [0.15, 0.2) is 42.5 Å². The molecule has 2 aromatic carbocycles. The predicted molar refractivity (Wildman–Crippen MR) is 95.1 cm³/mol. The molecule has 0 unspecified atom stereocenters. The Kier molecular flexibility index (Phi) is 6.50. The fraction of sp³-hybridized carbons (Fsp3) is 0.263. The Morgan fingerprint density at radius 3 is 2.21 bits per heavy atom. The van der Waals surface area contributed by atoms with E-state index < -0.39 is 24.7 Å². The van der Waals surface area contributed by atoms with Crippen molar-refractivity contribution in [1.29, 1.82) is 0 Å². The molecule has 2 aromatic rings. The highest BCUT2D eigenvalue weighted by Crippen LogP contribution is 2.28. The van der Waals surface area contributed by atoms with E-state index >= 15 is 0 Å². The summed E-state index contributed by atoms with van der Waals surface area (Å²) in [4.78, 5) is 23.6. The zero-order valence-electron chi connectivity index (χ0n) is 15.0.